The third-order valence-electron chi connectivity index (χ3n) is 4.56. The molecule has 0 spiro atoms. The molecule has 0 aromatic heterocycles. The van der Waals surface area contributed by atoms with Crippen molar-refractivity contribution in [3.63, 3.8) is 0 Å². The lowest BCUT2D eigenvalue weighted by Gasteiger charge is -2.25. The van der Waals surface area contributed by atoms with E-state index in [0.717, 1.165) is 25.9 Å². The van der Waals surface area contributed by atoms with Crippen LogP contribution in [0.15, 0.2) is 59.5 Å². The highest BCUT2D eigenvalue weighted by Crippen LogP contribution is 2.24. The van der Waals surface area contributed by atoms with Gasteiger partial charge in [0.2, 0.25) is 0 Å². The minimum Gasteiger partial charge on any atom is -0.349 e. The smallest absolute Gasteiger partial charge is 0.264 e. The topological polar surface area (TPSA) is 78.5 Å². The molecule has 1 saturated heterocycles. The Morgan fingerprint density at radius 2 is 1.65 bits per heavy atom. The van der Waals surface area contributed by atoms with Crippen LogP contribution in [0, 0.1) is 0 Å². The summed E-state index contributed by atoms with van der Waals surface area (Å²) in [4.78, 5) is 12.7. The fourth-order valence-corrected chi connectivity index (χ4v) is 4.42. The van der Waals surface area contributed by atoms with Crippen LogP contribution in [-0.2, 0) is 10.0 Å². The van der Waals surface area contributed by atoms with Crippen LogP contribution in [0.2, 0.25) is 0 Å². The van der Waals surface area contributed by atoms with Gasteiger partial charge in [-0.1, -0.05) is 30.3 Å². The Morgan fingerprint density at radius 3 is 2.35 bits per heavy atom. The summed E-state index contributed by atoms with van der Waals surface area (Å²) in [6.07, 6.45) is 1.68. The highest BCUT2D eigenvalue weighted by Gasteiger charge is 2.27. The molecule has 1 aliphatic heterocycles. The van der Waals surface area contributed by atoms with E-state index in [9.17, 15) is 13.2 Å². The average molecular weight is 373 g/mol. The molecule has 1 amide bonds. The first-order valence-electron chi connectivity index (χ1n) is 8.65. The summed E-state index contributed by atoms with van der Waals surface area (Å²) >= 11 is 0. The Hall–Kier alpha value is -2.38. The maximum absolute atomic E-state index is 13.1. The Morgan fingerprint density at radius 1 is 1.04 bits per heavy atom. The van der Waals surface area contributed by atoms with Crippen LogP contribution in [0.3, 0.4) is 0 Å². The summed E-state index contributed by atoms with van der Waals surface area (Å²) in [6.45, 7) is 1.70. The minimum absolute atomic E-state index is 0.0118. The zero-order chi connectivity index (χ0) is 18.6. The number of nitrogens with zero attached hydrogens (tertiary/aromatic N) is 1. The van der Waals surface area contributed by atoms with Gasteiger partial charge in [0.05, 0.1) is 11.3 Å². The second-order valence-corrected chi connectivity index (χ2v) is 8.24. The molecule has 0 radical (unpaired) electrons. The molecule has 0 atom stereocenters. The van der Waals surface area contributed by atoms with Crippen LogP contribution >= 0.6 is 0 Å². The van der Waals surface area contributed by atoms with E-state index in [0.29, 0.717) is 5.69 Å². The van der Waals surface area contributed by atoms with Gasteiger partial charge in [0.15, 0.2) is 0 Å². The molecule has 7 heteroatoms. The highest BCUT2D eigenvalue weighted by atomic mass is 32.2. The number of nitrogens with one attached hydrogen (secondary N) is 2. The van der Waals surface area contributed by atoms with Crippen molar-refractivity contribution in [2.24, 2.45) is 0 Å². The summed E-state index contributed by atoms with van der Waals surface area (Å²) < 4.78 is 27.4. The molecule has 1 fully saturated rings. The number of hydrogen-bond acceptors (Lipinski definition) is 4. The van der Waals surface area contributed by atoms with E-state index in [-0.39, 0.29) is 22.4 Å². The Bertz CT molecular complexity index is 863. The van der Waals surface area contributed by atoms with E-state index in [2.05, 4.69) is 10.6 Å². The number of carbonyl (C=O) groups is 1. The maximum atomic E-state index is 13.1. The van der Waals surface area contributed by atoms with Crippen molar-refractivity contribution in [3.05, 3.63) is 60.2 Å². The normalized spacial score (nSPS) is 15.4. The quantitative estimate of drug-likeness (QED) is 0.840. The van der Waals surface area contributed by atoms with E-state index >= 15 is 0 Å². The van der Waals surface area contributed by atoms with Crippen LogP contribution < -0.4 is 14.9 Å². The molecule has 1 aliphatic rings. The van der Waals surface area contributed by atoms with Gasteiger partial charge in [-0.3, -0.25) is 9.10 Å². The van der Waals surface area contributed by atoms with Crippen molar-refractivity contribution in [1.82, 2.24) is 10.6 Å². The van der Waals surface area contributed by atoms with Crippen LogP contribution in [-0.4, -0.2) is 40.5 Å². The Balaban J connectivity index is 1.89. The van der Waals surface area contributed by atoms with E-state index in [1.165, 1.54) is 17.4 Å². The van der Waals surface area contributed by atoms with Crippen molar-refractivity contribution in [2.75, 3.05) is 24.4 Å². The van der Waals surface area contributed by atoms with Crippen molar-refractivity contribution in [1.29, 1.82) is 0 Å². The molecule has 1 heterocycles. The predicted octanol–water partition coefficient (Wildman–Crippen LogP) is 1.99. The summed E-state index contributed by atoms with van der Waals surface area (Å²) in [6, 6.07) is 15.2. The lowest BCUT2D eigenvalue weighted by molar-refractivity contribution is 0.0926. The molecule has 0 aliphatic carbocycles. The van der Waals surface area contributed by atoms with Gasteiger partial charge in [0, 0.05) is 13.1 Å². The molecule has 3 rings (SSSR count). The van der Waals surface area contributed by atoms with Crippen LogP contribution in [0.5, 0.6) is 0 Å². The van der Waals surface area contributed by atoms with Crippen molar-refractivity contribution in [2.45, 2.75) is 23.8 Å². The number of rotatable bonds is 5. The van der Waals surface area contributed by atoms with Gasteiger partial charge >= 0.3 is 0 Å². The third-order valence-corrected chi connectivity index (χ3v) is 6.41. The summed E-state index contributed by atoms with van der Waals surface area (Å²) in [5, 5.41) is 6.21. The second-order valence-electron chi connectivity index (χ2n) is 6.30. The van der Waals surface area contributed by atoms with Gasteiger partial charge in [-0.25, -0.2) is 8.42 Å². The maximum Gasteiger partial charge on any atom is 0.264 e. The Labute approximate surface area is 154 Å². The molecule has 2 aromatic carbocycles. The van der Waals surface area contributed by atoms with Crippen molar-refractivity contribution < 1.29 is 13.2 Å². The molecule has 2 N–H and O–H groups in total. The number of sulfonamides is 1. The predicted molar refractivity (Wildman–Crippen MR) is 102 cm³/mol. The number of hydrogen-bond donors (Lipinski definition) is 2. The van der Waals surface area contributed by atoms with Gasteiger partial charge < -0.3 is 10.6 Å². The van der Waals surface area contributed by atoms with E-state index < -0.39 is 10.0 Å². The van der Waals surface area contributed by atoms with Crippen LogP contribution in [0.1, 0.15) is 23.2 Å². The molecule has 2 aromatic rings. The first kappa shape index (κ1) is 18.4. The molecule has 0 saturated carbocycles. The summed E-state index contributed by atoms with van der Waals surface area (Å²) in [7, 11) is -2.36. The second kappa shape index (κ2) is 7.88. The van der Waals surface area contributed by atoms with Gasteiger partial charge in [-0.15, -0.1) is 0 Å². The zero-order valence-corrected chi connectivity index (χ0v) is 15.5. The first-order chi connectivity index (χ1) is 12.5. The summed E-state index contributed by atoms with van der Waals surface area (Å²) in [5.74, 6) is -0.350. The molecule has 6 nitrogen and oxygen atoms in total. The van der Waals surface area contributed by atoms with Crippen molar-refractivity contribution >= 4 is 21.6 Å². The van der Waals surface area contributed by atoms with Crippen LogP contribution in [0.25, 0.3) is 0 Å². The number of benzene rings is 2. The van der Waals surface area contributed by atoms with Gasteiger partial charge in [0.25, 0.3) is 15.9 Å². The fourth-order valence-electron chi connectivity index (χ4n) is 3.03. The number of anilines is 1. The lowest BCUT2D eigenvalue weighted by Crippen LogP contribution is -2.43. The molecular weight excluding hydrogens is 350 g/mol. The van der Waals surface area contributed by atoms with Gasteiger partial charge in [0.1, 0.15) is 4.90 Å². The number of piperidine rings is 1. The minimum atomic E-state index is -3.85. The van der Waals surface area contributed by atoms with Crippen LogP contribution in [0.4, 0.5) is 5.69 Å². The Kier molecular flexibility index (Phi) is 5.58. The van der Waals surface area contributed by atoms with E-state index in [4.69, 9.17) is 0 Å². The number of amides is 1. The lowest BCUT2D eigenvalue weighted by atomic mass is 10.1. The fraction of sp³-hybridized carbons (Fsp3) is 0.316. The monoisotopic (exact) mass is 373 g/mol. The van der Waals surface area contributed by atoms with Crippen molar-refractivity contribution in [3.8, 4) is 0 Å². The van der Waals surface area contributed by atoms with E-state index in [1.54, 1.807) is 42.5 Å². The standard InChI is InChI=1S/C19H23N3O3S/c1-22(16-7-3-2-4-8-16)26(24,25)18-10-6-5-9-17(18)19(23)21-15-11-13-20-14-12-15/h2-10,15,20H,11-14H2,1H3,(H,21,23). The summed E-state index contributed by atoms with van der Waals surface area (Å²) in [5.41, 5.74) is 0.717. The average Bonchev–Trinajstić information content (AvgIpc) is 2.69. The highest BCUT2D eigenvalue weighted by molar-refractivity contribution is 7.92. The third kappa shape index (κ3) is 3.89. The van der Waals surface area contributed by atoms with Gasteiger partial charge in [-0.2, -0.15) is 0 Å². The van der Waals surface area contributed by atoms with E-state index in [1.807, 2.05) is 6.07 Å². The largest absolute Gasteiger partial charge is 0.349 e. The molecule has 0 bridgehead atoms. The molecule has 138 valence electrons. The zero-order valence-electron chi connectivity index (χ0n) is 14.7. The SMILES string of the molecule is CN(c1ccccc1)S(=O)(=O)c1ccccc1C(=O)NC1CCNCC1. The van der Waals surface area contributed by atoms with Gasteiger partial charge in [-0.05, 0) is 50.2 Å². The number of para-hydroxylation sites is 1. The first-order valence-corrected chi connectivity index (χ1v) is 10.1. The molecule has 0 unspecified atom stereocenters. The molecule has 26 heavy (non-hydrogen) atoms. The molecular formula is C19H23N3O3S. The number of carbonyl (C=O) groups excluding carboxylic acids is 1.